The fourth-order valence-electron chi connectivity index (χ4n) is 1.80. The van der Waals surface area contributed by atoms with Gasteiger partial charge in [-0.15, -0.1) is 0 Å². The molecule has 0 spiro atoms. The van der Waals surface area contributed by atoms with Gasteiger partial charge in [-0.25, -0.2) is 0 Å². The third-order valence-electron chi connectivity index (χ3n) is 2.35. The summed E-state index contributed by atoms with van der Waals surface area (Å²) in [5, 5.41) is 0. The summed E-state index contributed by atoms with van der Waals surface area (Å²) < 4.78 is 0. The van der Waals surface area contributed by atoms with E-state index in [1.54, 1.807) is 0 Å². The Hall–Kier alpha value is -1.31. The molecule has 1 aromatic rings. The molecule has 1 aromatic carbocycles. The molecule has 0 saturated carbocycles. The van der Waals surface area contributed by atoms with Crippen molar-refractivity contribution in [1.29, 1.82) is 0 Å². The van der Waals surface area contributed by atoms with E-state index in [-0.39, 0.29) is 5.41 Å². The van der Waals surface area contributed by atoms with Crippen molar-refractivity contribution in [3.8, 4) is 0 Å². The Morgan fingerprint density at radius 3 is 2.12 bits per heavy atom. The second-order valence-electron chi connectivity index (χ2n) is 5.27. The van der Waals surface area contributed by atoms with Crippen LogP contribution in [0.15, 0.2) is 35.3 Å². The molecule has 0 heterocycles. The highest BCUT2D eigenvalue weighted by molar-refractivity contribution is 5.86. The van der Waals surface area contributed by atoms with Crippen LogP contribution in [0.1, 0.15) is 26.3 Å². The Balaban J connectivity index is 2.81. The minimum Gasteiger partial charge on any atom is -0.366 e. The van der Waals surface area contributed by atoms with E-state index in [2.05, 4.69) is 64.0 Å². The number of rotatable bonds is 2. The molecule has 0 atom stereocenters. The van der Waals surface area contributed by atoms with E-state index < -0.39 is 0 Å². The van der Waals surface area contributed by atoms with Gasteiger partial charge < -0.3 is 4.90 Å². The van der Waals surface area contributed by atoms with Crippen molar-refractivity contribution in [3.05, 3.63) is 35.9 Å². The van der Waals surface area contributed by atoms with Crippen molar-refractivity contribution in [2.75, 3.05) is 14.1 Å². The van der Waals surface area contributed by atoms with Crippen LogP contribution < -0.4 is 0 Å². The molecule has 0 aliphatic heterocycles. The lowest BCUT2D eigenvalue weighted by atomic mass is 9.94. The standard InChI is InChI=1S/C14H22N2/c1-14(2,3)13(16(4)5)15-11-12-9-7-6-8-10-12/h6-10H,11H2,1-5H3. The summed E-state index contributed by atoms with van der Waals surface area (Å²) in [4.78, 5) is 6.81. The van der Waals surface area contributed by atoms with Crippen LogP contribution in [0.3, 0.4) is 0 Å². The number of hydrogen-bond acceptors (Lipinski definition) is 1. The maximum Gasteiger partial charge on any atom is 0.104 e. The van der Waals surface area contributed by atoms with Gasteiger partial charge in [-0.05, 0) is 5.56 Å². The Labute approximate surface area is 99.0 Å². The summed E-state index contributed by atoms with van der Waals surface area (Å²) in [5.74, 6) is 1.14. The molecule has 16 heavy (non-hydrogen) atoms. The van der Waals surface area contributed by atoms with Gasteiger partial charge in [0.2, 0.25) is 0 Å². The molecular weight excluding hydrogens is 196 g/mol. The minimum atomic E-state index is 0.0955. The summed E-state index contributed by atoms with van der Waals surface area (Å²) >= 11 is 0. The van der Waals surface area contributed by atoms with E-state index in [9.17, 15) is 0 Å². The molecule has 0 N–H and O–H groups in total. The van der Waals surface area contributed by atoms with Gasteiger partial charge in [0.25, 0.3) is 0 Å². The molecule has 2 heteroatoms. The molecular formula is C14H22N2. The van der Waals surface area contributed by atoms with E-state index in [4.69, 9.17) is 4.99 Å². The normalized spacial score (nSPS) is 12.7. The van der Waals surface area contributed by atoms with Gasteiger partial charge in [0, 0.05) is 19.5 Å². The summed E-state index contributed by atoms with van der Waals surface area (Å²) in [7, 11) is 4.10. The Morgan fingerprint density at radius 2 is 1.69 bits per heavy atom. The molecule has 0 aliphatic carbocycles. The van der Waals surface area contributed by atoms with Crippen molar-refractivity contribution >= 4 is 5.84 Å². The maximum absolute atomic E-state index is 4.71. The monoisotopic (exact) mass is 218 g/mol. The van der Waals surface area contributed by atoms with Crippen LogP contribution in [-0.4, -0.2) is 24.8 Å². The largest absolute Gasteiger partial charge is 0.366 e. The highest BCUT2D eigenvalue weighted by Gasteiger charge is 2.20. The average Bonchev–Trinajstić information content (AvgIpc) is 2.17. The predicted molar refractivity (Wildman–Crippen MR) is 70.7 cm³/mol. The van der Waals surface area contributed by atoms with Gasteiger partial charge in [0.15, 0.2) is 0 Å². The first-order chi connectivity index (χ1) is 7.41. The van der Waals surface area contributed by atoms with E-state index in [1.807, 2.05) is 6.07 Å². The van der Waals surface area contributed by atoms with Crippen LogP contribution >= 0.6 is 0 Å². The summed E-state index contributed by atoms with van der Waals surface area (Å²) in [5.41, 5.74) is 1.35. The summed E-state index contributed by atoms with van der Waals surface area (Å²) in [6, 6.07) is 10.4. The third kappa shape index (κ3) is 3.69. The predicted octanol–water partition coefficient (Wildman–Crippen LogP) is 3.19. The van der Waals surface area contributed by atoms with Crippen molar-refractivity contribution in [2.45, 2.75) is 27.3 Å². The maximum atomic E-state index is 4.71. The Bertz CT molecular complexity index is 345. The average molecular weight is 218 g/mol. The fourth-order valence-corrected chi connectivity index (χ4v) is 1.80. The van der Waals surface area contributed by atoms with Crippen LogP contribution in [0.5, 0.6) is 0 Å². The minimum absolute atomic E-state index is 0.0955. The molecule has 0 aromatic heterocycles. The zero-order chi connectivity index (χ0) is 12.2. The second kappa shape index (κ2) is 5.15. The van der Waals surface area contributed by atoms with Crippen molar-refractivity contribution in [1.82, 2.24) is 4.90 Å². The SMILES string of the molecule is CN(C)C(=NCc1ccccc1)C(C)(C)C. The lowest BCUT2D eigenvalue weighted by molar-refractivity contribution is 0.477. The van der Waals surface area contributed by atoms with Crippen molar-refractivity contribution in [3.63, 3.8) is 0 Å². The lowest BCUT2D eigenvalue weighted by Gasteiger charge is -2.27. The van der Waals surface area contributed by atoms with Crippen LogP contribution in [0, 0.1) is 5.41 Å². The number of hydrogen-bond donors (Lipinski definition) is 0. The zero-order valence-corrected chi connectivity index (χ0v) is 11.0. The van der Waals surface area contributed by atoms with Gasteiger partial charge in [-0.2, -0.15) is 0 Å². The Kier molecular flexibility index (Phi) is 4.11. The molecule has 88 valence electrons. The number of amidine groups is 1. The van der Waals surface area contributed by atoms with E-state index in [0.717, 1.165) is 12.4 Å². The number of aliphatic imine (C=N–C) groups is 1. The fraction of sp³-hybridized carbons (Fsp3) is 0.500. The topological polar surface area (TPSA) is 15.6 Å². The van der Waals surface area contributed by atoms with E-state index in [1.165, 1.54) is 5.56 Å². The Morgan fingerprint density at radius 1 is 1.12 bits per heavy atom. The molecule has 0 aliphatic rings. The summed E-state index contributed by atoms with van der Waals surface area (Å²) in [6.45, 7) is 7.33. The molecule has 0 bridgehead atoms. The quantitative estimate of drug-likeness (QED) is 0.550. The van der Waals surface area contributed by atoms with Gasteiger partial charge in [-0.1, -0.05) is 51.1 Å². The molecule has 0 unspecified atom stereocenters. The highest BCUT2D eigenvalue weighted by atomic mass is 15.1. The smallest absolute Gasteiger partial charge is 0.104 e. The summed E-state index contributed by atoms with van der Waals surface area (Å²) in [6.07, 6.45) is 0. The van der Waals surface area contributed by atoms with Gasteiger partial charge in [0.05, 0.1) is 6.54 Å². The van der Waals surface area contributed by atoms with Gasteiger partial charge in [0.1, 0.15) is 5.84 Å². The number of nitrogens with zero attached hydrogens (tertiary/aromatic N) is 2. The molecule has 0 amide bonds. The van der Waals surface area contributed by atoms with Crippen LogP contribution in [0.25, 0.3) is 0 Å². The molecule has 0 saturated heterocycles. The van der Waals surface area contributed by atoms with E-state index in [0.29, 0.717) is 0 Å². The van der Waals surface area contributed by atoms with Crippen molar-refractivity contribution < 1.29 is 0 Å². The second-order valence-corrected chi connectivity index (χ2v) is 5.27. The van der Waals surface area contributed by atoms with E-state index >= 15 is 0 Å². The first kappa shape index (κ1) is 12.8. The molecule has 1 rings (SSSR count). The van der Waals surface area contributed by atoms with Gasteiger partial charge >= 0.3 is 0 Å². The van der Waals surface area contributed by atoms with Gasteiger partial charge in [-0.3, -0.25) is 4.99 Å². The van der Waals surface area contributed by atoms with Crippen LogP contribution in [0.4, 0.5) is 0 Å². The van der Waals surface area contributed by atoms with Crippen LogP contribution in [-0.2, 0) is 6.54 Å². The molecule has 0 fully saturated rings. The van der Waals surface area contributed by atoms with Crippen molar-refractivity contribution in [2.24, 2.45) is 10.4 Å². The first-order valence-corrected chi connectivity index (χ1v) is 5.67. The molecule has 0 radical (unpaired) electrons. The number of benzene rings is 1. The third-order valence-corrected chi connectivity index (χ3v) is 2.35. The van der Waals surface area contributed by atoms with Crippen LogP contribution in [0.2, 0.25) is 0 Å². The highest BCUT2D eigenvalue weighted by Crippen LogP contribution is 2.18. The zero-order valence-electron chi connectivity index (χ0n) is 11.0. The first-order valence-electron chi connectivity index (χ1n) is 5.67. The lowest BCUT2D eigenvalue weighted by Crippen LogP contribution is -2.34. The molecule has 2 nitrogen and oxygen atoms in total.